The lowest BCUT2D eigenvalue weighted by atomic mass is 10.2. The third kappa shape index (κ3) is 8.97. The van der Waals surface area contributed by atoms with Crippen molar-refractivity contribution in [1.82, 2.24) is 4.90 Å². The SMILES string of the molecule is CC(C)SSC(C)(C)CN(C)C(=O)OC(C)(C)C. The Morgan fingerprint density at radius 3 is 2.11 bits per heavy atom. The summed E-state index contributed by atoms with van der Waals surface area (Å²) >= 11 is 0. The largest absolute Gasteiger partial charge is 0.444 e. The molecule has 0 aromatic rings. The first kappa shape index (κ1) is 18.0. The summed E-state index contributed by atoms with van der Waals surface area (Å²) in [6, 6.07) is 0. The first-order chi connectivity index (χ1) is 7.93. The van der Waals surface area contributed by atoms with E-state index in [2.05, 4.69) is 27.7 Å². The number of rotatable bonds is 5. The van der Waals surface area contributed by atoms with Gasteiger partial charge in [-0.15, -0.1) is 0 Å². The number of nitrogens with zero attached hydrogens (tertiary/aromatic N) is 1. The quantitative estimate of drug-likeness (QED) is 0.702. The van der Waals surface area contributed by atoms with Crippen molar-refractivity contribution >= 4 is 27.7 Å². The van der Waals surface area contributed by atoms with Crippen LogP contribution in [0.4, 0.5) is 4.79 Å². The Bertz CT molecular complexity index is 273. The van der Waals surface area contributed by atoms with Gasteiger partial charge in [-0.1, -0.05) is 35.4 Å². The van der Waals surface area contributed by atoms with E-state index in [0.717, 1.165) is 0 Å². The van der Waals surface area contributed by atoms with Gasteiger partial charge in [-0.2, -0.15) is 0 Å². The molecule has 5 heteroatoms. The maximum atomic E-state index is 11.9. The van der Waals surface area contributed by atoms with Gasteiger partial charge in [0.15, 0.2) is 0 Å². The molecule has 0 heterocycles. The molecule has 0 bridgehead atoms. The van der Waals surface area contributed by atoms with E-state index in [-0.39, 0.29) is 10.8 Å². The van der Waals surface area contributed by atoms with Gasteiger partial charge < -0.3 is 9.64 Å². The molecule has 0 saturated carbocycles. The Kier molecular flexibility index (Phi) is 6.93. The molecule has 0 radical (unpaired) electrons. The zero-order chi connectivity index (χ0) is 14.6. The molecule has 0 aliphatic rings. The van der Waals surface area contributed by atoms with E-state index in [4.69, 9.17) is 4.74 Å². The van der Waals surface area contributed by atoms with Crippen LogP contribution in [0.2, 0.25) is 0 Å². The van der Waals surface area contributed by atoms with E-state index in [0.29, 0.717) is 11.8 Å². The van der Waals surface area contributed by atoms with Crippen LogP contribution in [0.15, 0.2) is 0 Å². The van der Waals surface area contributed by atoms with Crippen molar-refractivity contribution in [2.24, 2.45) is 0 Å². The molecule has 0 unspecified atom stereocenters. The number of hydrogen-bond acceptors (Lipinski definition) is 4. The third-order valence-corrected chi connectivity index (χ3v) is 5.65. The van der Waals surface area contributed by atoms with Gasteiger partial charge in [0, 0.05) is 23.6 Å². The summed E-state index contributed by atoms with van der Waals surface area (Å²) in [6.07, 6.45) is -0.259. The first-order valence-electron chi connectivity index (χ1n) is 6.21. The van der Waals surface area contributed by atoms with E-state index < -0.39 is 5.60 Å². The van der Waals surface area contributed by atoms with Crippen molar-refractivity contribution in [2.75, 3.05) is 13.6 Å². The highest BCUT2D eigenvalue weighted by molar-refractivity contribution is 8.77. The van der Waals surface area contributed by atoms with Crippen LogP contribution < -0.4 is 0 Å². The predicted molar refractivity (Wildman–Crippen MR) is 83.3 cm³/mol. The van der Waals surface area contributed by atoms with E-state index >= 15 is 0 Å². The maximum Gasteiger partial charge on any atom is 0.410 e. The normalized spacial score (nSPS) is 12.7. The first-order valence-corrected chi connectivity index (χ1v) is 8.43. The summed E-state index contributed by atoms with van der Waals surface area (Å²) in [4.78, 5) is 13.5. The lowest BCUT2D eigenvalue weighted by Crippen LogP contribution is -2.40. The van der Waals surface area contributed by atoms with Crippen LogP contribution >= 0.6 is 21.6 Å². The molecule has 1 amide bonds. The topological polar surface area (TPSA) is 29.5 Å². The molecule has 3 nitrogen and oxygen atoms in total. The molecule has 0 aliphatic carbocycles. The molecule has 0 aromatic heterocycles. The number of hydrogen-bond donors (Lipinski definition) is 0. The van der Waals surface area contributed by atoms with Crippen LogP contribution in [0.5, 0.6) is 0 Å². The molecule has 0 saturated heterocycles. The zero-order valence-electron chi connectivity index (χ0n) is 12.9. The van der Waals surface area contributed by atoms with Gasteiger partial charge in [0.2, 0.25) is 0 Å². The minimum Gasteiger partial charge on any atom is -0.444 e. The molecule has 108 valence electrons. The predicted octanol–water partition coefficient (Wildman–Crippen LogP) is 4.42. The molecule has 0 spiro atoms. The van der Waals surface area contributed by atoms with Crippen LogP contribution in [0.1, 0.15) is 48.5 Å². The second-order valence-corrected chi connectivity index (χ2v) is 9.81. The fourth-order valence-corrected chi connectivity index (χ4v) is 3.44. The van der Waals surface area contributed by atoms with E-state index in [1.165, 1.54) is 0 Å². The van der Waals surface area contributed by atoms with E-state index in [1.54, 1.807) is 11.9 Å². The van der Waals surface area contributed by atoms with Gasteiger partial charge in [-0.3, -0.25) is 0 Å². The van der Waals surface area contributed by atoms with Gasteiger partial charge in [-0.25, -0.2) is 4.79 Å². The summed E-state index contributed by atoms with van der Waals surface area (Å²) in [5.74, 6) is 0. The van der Waals surface area contributed by atoms with Crippen molar-refractivity contribution < 1.29 is 9.53 Å². The molecule has 0 atom stereocenters. The van der Waals surface area contributed by atoms with Gasteiger partial charge in [0.05, 0.1) is 0 Å². The molecular formula is C13H27NO2S2. The van der Waals surface area contributed by atoms with E-state index in [1.807, 2.05) is 42.4 Å². The van der Waals surface area contributed by atoms with Crippen molar-refractivity contribution in [2.45, 2.75) is 64.1 Å². The lowest BCUT2D eigenvalue weighted by molar-refractivity contribution is 0.0288. The van der Waals surface area contributed by atoms with Crippen LogP contribution in [0.3, 0.4) is 0 Å². The number of carbonyl (C=O) groups excluding carboxylic acids is 1. The van der Waals surface area contributed by atoms with Gasteiger partial charge in [0.1, 0.15) is 5.60 Å². The van der Waals surface area contributed by atoms with Crippen LogP contribution in [-0.4, -0.2) is 40.2 Å². The fraction of sp³-hybridized carbons (Fsp3) is 0.923. The highest BCUT2D eigenvalue weighted by Crippen LogP contribution is 2.38. The summed E-state index contributed by atoms with van der Waals surface area (Å²) < 4.78 is 5.36. The summed E-state index contributed by atoms with van der Waals surface area (Å²) in [6.45, 7) is 15.0. The van der Waals surface area contributed by atoms with Crippen molar-refractivity contribution in [3.63, 3.8) is 0 Å². The van der Waals surface area contributed by atoms with Gasteiger partial charge >= 0.3 is 6.09 Å². The summed E-state index contributed by atoms with van der Waals surface area (Å²) in [7, 11) is 5.45. The van der Waals surface area contributed by atoms with Crippen molar-refractivity contribution in [3.05, 3.63) is 0 Å². The number of carbonyl (C=O) groups is 1. The Labute approximate surface area is 120 Å². The monoisotopic (exact) mass is 293 g/mol. The molecule has 0 N–H and O–H groups in total. The molecule has 0 aliphatic heterocycles. The molecule has 0 aromatic carbocycles. The van der Waals surface area contributed by atoms with Gasteiger partial charge in [0.25, 0.3) is 0 Å². The number of ether oxygens (including phenoxy) is 1. The van der Waals surface area contributed by atoms with Crippen LogP contribution in [0.25, 0.3) is 0 Å². The second kappa shape index (κ2) is 6.94. The van der Waals surface area contributed by atoms with E-state index in [9.17, 15) is 4.79 Å². The van der Waals surface area contributed by atoms with Crippen molar-refractivity contribution in [1.29, 1.82) is 0 Å². The average molecular weight is 293 g/mol. The average Bonchev–Trinajstić information content (AvgIpc) is 2.11. The Morgan fingerprint density at radius 2 is 1.72 bits per heavy atom. The third-order valence-electron chi connectivity index (χ3n) is 1.79. The molecule has 0 rings (SSSR count). The Morgan fingerprint density at radius 1 is 1.22 bits per heavy atom. The summed E-state index contributed by atoms with van der Waals surface area (Å²) in [5, 5.41) is 0.584. The Balaban J connectivity index is 4.28. The Hall–Kier alpha value is -0.0300. The molecule has 18 heavy (non-hydrogen) atoms. The maximum absolute atomic E-state index is 11.9. The summed E-state index contributed by atoms with van der Waals surface area (Å²) in [5.41, 5.74) is -0.435. The molecular weight excluding hydrogens is 266 g/mol. The van der Waals surface area contributed by atoms with Crippen LogP contribution in [0, 0.1) is 0 Å². The smallest absolute Gasteiger partial charge is 0.410 e. The fourth-order valence-electron chi connectivity index (χ4n) is 1.23. The highest BCUT2D eigenvalue weighted by atomic mass is 33.1. The van der Waals surface area contributed by atoms with Gasteiger partial charge in [-0.05, 0) is 34.6 Å². The minimum absolute atomic E-state index is 0.0145. The lowest BCUT2D eigenvalue weighted by Gasteiger charge is -2.31. The van der Waals surface area contributed by atoms with Crippen molar-refractivity contribution in [3.8, 4) is 0 Å². The second-order valence-electron chi connectivity index (χ2n) is 6.32. The number of amides is 1. The highest BCUT2D eigenvalue weighted by Gasteiger charge is 2.27. The minimum atomic E-state index is -0.435. The standard InChI is InChI=1S/C13H27NO2S2/c1-10(2)17-18-13(6,7)9-14(8)11(15)16-12(3,4)5/h10H,9H2,1-8H3. The molecule has 0 fully saturated rings. The zero-order valence-corrected chi connectivity index (χ0v) is 14.5. The van der Waals surface area contributed by atoms with Crippen LogP contribution in [-0.2, 0) is 4.74 Å².